The molecular weight excluding hydrogens is 150 g/mol. The van der Waals surface area contributed by atoms with Gasteiger partial charge in [-0.3, -0.25) is 4.90 Å². The highest BCUT2D eigenvalue weighted by atomic mass is 16.3. The van der Waals surface area contributed by atoms with Gasteiger partial charge in [0.15, 0.2) is 0 Å². The molecule has 1 fully saturated rings. The van der Waals surface area contributed by atoms with Gasteiger partial charge >= 0.3 is 0 Å². The van der Waals surface area contributed by atoms with Crippen molar-refractivity contribution in [1.82, 2.24) is 4.90 Å². The number of rotatable bonds is 4. The van der Waals surface area contributed by atoms with Gasteiger partial charge < -0.3 is 5.11 Å². The van der Waals surface area contributed by atoms with Crippen LogP contribution in [0.2, 0.25) is 0 Å². The molecule has 0 aliphatic carbocycles. The lowest BCUT2D eigenvalue weighted by atomic mass is 10.0. The number of likely N-dealkylation sites (N-methyl/N-ethyl adjacent to an activating group) is 1. The molecule has 0 bridgehead atoms. The van der Waals surface area contributed by atoms with Crippen molar-refractivity contribution < 1.29 is 5.11 Å². The van der Waals surface area contributed by atoms with Crippen LogP contribution < -0.4 is 0 Å². The van der Waals surface area contributed by atoms with Crippen molar-refractivity contribution in [3.63, 3.8) is 0 Å². The van der Waals surface area contributed by atoms with E-state index in [1.165, 1.54) is 19.4 Å². The Morgan fingerprint density at radius 3 is 2.83 bits per heavy atom. The molecule has 1 rings (SSSR count). The van der Waals surface area contributed by atoms with E-state index in [0.29, 0.717) is 6.04 Å². The highest BCUT2D eigenvalue weighted by Gasteiger charge is 2.28. The molecule has 2 unspecified atom stereocenters. The Bertz CT molecular complexity index is 127. The van der Waals surface area contributed by atoms with E-state index in [1.807, 2.05) is 0 Å². The first-order valence-corrected chi connectivity index (χ1v) is 5.21. The van der Waals surface area contributed by atoms with Crippen LogP contribution >= 0.6 is 0 Å². The van der Waals surface area contributed by atoms with E-state index in [0.717, 1.165) is 19.4 Å². The summed E-state index contributed by atoms with van der Waals surface area (Å²) in [4.78, 5) is 2.40. The molecule has 1 aliphatic heterocycles. The van der Waals surface area contributed by atoms with Gasteiger partial charge in [0.05, 0.1) is 6.10 Å². The lowest BCUT2D eigenvalue weighted by Crippen LogP contribution is -2.38. The van der Waals surface area contributed by atoms with Crippen molar-refractivity contribution in [2.75, 3.05) is 13.1 Å². The second-order valence-electron chi connectivity index (χ2n) is 3.69. The lowest BCUT2D eigenvalue weighted by Gasteiger charge is -2.27. The fraction of sp³-hybridized carbons (Fsp3) is 1.00. The summed E-state index contributed by atoms with van der Waals surface area (Å²) >= 11 is 0. The summed E-state index contributed by atoms with van der Waals surface area (Å²) in [6.45, 7) is 6.58. The third kappa shape index (κ3) is 2.20. The smallest absolute Gasteiger partial charge is 0.0695 e. The van der Waals surface area contributed by atoms with E-state index >= 15 is 0 Å². The van der Waals surface area contributed by atoms with Crippen molar-refractivity contribution >= 4 is 0 Å². The first-order chi connectivity index (χ1) is 5.79. The Hall–Kier alpha value is -0.0800. The van der Waals surface area contributed by atoms with Gasteiger partial charge in [-0.25, -0.2) is 0 Å². The summed E-state index contributed by atoms with van der Waals surface area (Å²) in [6, 6.07) is 0.454. The average molecular weight is 171 g/mol. The zero-order chi connectivity index (χ0) is 8.97. The Balaban J connectivity index is 2.38. The second-order valence-corrected chi connectivity index (χ2v) is 3.69. The molecule has 0 aromatic heterocycles. The molecule has 2 atom stereocenters. The number of nitrogens with zero attached hydrogens (tertiary/aromatic N) is 1. The van der Waals surface area contributed by atoms with Crippen molar-refractivity contribution in [1.29, 1.82) is 0 Å². The van der Waals surface area contributed by atoms with Crippen LogP contribution in [0.5, 0.6) is 0 Å². The first-order valence-electron chi connectivity index (χ1n) is 5.21. The van der Waals surface area contributed by atoms with E-state index in [9.17, 15) is 5.11 Å². The standard InChI is InChI=1S/C10H21NO/c1-3-6-10(12)9-7-5-8-11(9)4-2/h9-10,12H,3-8H2,1-2H3. The minimum atomic E-state index is -0.0857. The number of likely N-dealkylation sites (tertiary alicyclic amines) is 1. The first kappa shape index (κ1) is 10.0. The molecule has 1 N–H and O–H groups in total. The number of hydrogen-bond donors (Lipinski definition) is 1. The van der Waals surface area contributed by atoms with Crippen LogP contribution in [-0.4, -0.2) is 35.2 Å². The van der Waals surface area contributed by atoms with E-state index < -0.39 is 0 Å². The molecule has 12 heavy (non-hydrogen) atoms. The Kier molecular flexibility index (Phi) is 4.02. The lowest BCUT2D eigenvalue weighted by molar-refractivity contribution is 0.0685. The molecule has 0 saturated carbocycles. The number of hydrogen-bond acceptors (Lipinski definition) is 2. The van der Waals surface area contributed by atoms with Gasteiger partial charge in [0, 0.05) is 6.04 Å². The SMILES string of the molecule is CCCC(O)C1CCCN1CC. The normalized spacial score (nSPS) is 27.8. The highest BCUT2D eigenvalue weighted by Crippen LogP contribution is 2.21. The zero-order valence-corrected chi connectivity index (χ0v) is 8.29. The third-order valence-electron chi connectivity index (χ3n) is 2.85. The van der Waals surface area contributed by atoms with Gasteiger partial charge in [-0.05, 0) is 32.4 Å². The summed E-state index contributed by atoms with van der Waals surface area (Å²) in [6.07, 6.45) is 4.42. The van der Waals surface area contributed by atoms with Gasteiger partial charge in [-0.2, -0.15) is 0 Å². The number of aliphatic hydroxyl groups excluding tert-OH is 1. The van der Waals surface area contributed by atoms with E-state index in [2.05, 4.69) is 18.7 Å². The van der Waals surface area contributed by atoms with Crippen molar-refractivity contribution in [2.24, 2.45) is 0 Å². The van der Waals surface area contributed by atoms with Crippen molar-refractivity contribution in [2.45, 2.75) is 51.7 Å². The quantitative estimate of drug-likeness (QED) is 0.695. The fourth-order valence-electron chi connectivity index (χ4n) is 2.17. The molecular formula is C10H21NO. The summed E-state index contributed by atoms with van der Waals surface area (Å²) in [5.74, 6) is 0. The molecule has 2 heteroatoms. The van der Waals surface area contributed by atoms with Crippen LogP contribution in [-0.2, 0) is 0 Å². The minimum Gasteiger partial charge on any atom is -0.391 e. The monoisotopic (exact) mass is 171 g/mol. The minimum absolute atomic E-state index is 0.0857. The Labute approximate surface area is 75.6 Å². The maximum absolute atomic E-state index is 9.81. The van der Waals surface area contributed by atoms with E-state index in [-0.39, 0.29) is 6.10 Å². The summed E-state index contributed by atoms with van der Waals surface area (Å²) in [5.41, 5.74) is 0. The van der Waals surface area contributed by atoms with Gasteiger partial charge in [0.2, 0.25) is 0 Å². The maximum Gasteiger partial charge on any atom is 0.0695 e. The van der Waals surface area contributed by atoms with Crippen LogP contribution in [0.3, 0.4) is 0 Å². The topological polar surface area (TPSA) is 23.5 Å². The Morgan fingerprint density at radius 1 is 1.50 bits per heavy atom. The largest absolute Gasteiger partial charge is 0.391 e. The van der Waals surface area contributed by atoms with Crippen LogP contribution in [0.1, 0.15) is 39.5 Å². The predicted octanol–water partition coefficient (Wildman–Crippen LogP) is 1.63. The van der Waals surface area contributed by atoms with Crippen LogP contribution in [0.25, 0.3) is 0 Å². The number of aliphatic hydroxyl groups is 1. The van der Waals surface area contributed by atoms with E-state index in [4.69, 9.17) is 0 Å². The summed E-state index contributed by atoms with van der Waals surface area (Å²) in [5, 5.41) is 9.81. The predicted molar refractivity (Wildman–Crippen MR) is 51.2 cm³/mol. The zero-order valence-electron chi connectivity index (χ0n) is 8.29. The fourth-order valence-corrected chi connectivity index (χ4v) is 2.17. The molecule has 0 aromatic rings. The molecule has 1 aliphatic rings. The maximum atomic E-state index is 9.81. The second kappa shape index (κ2) is 4.83. The molecule has 0 radical (unpaired) electrons. The average Bonchev–Trinajstić information content (AvgIpc) is 2.51. The van der Waals surface area contributed by atoms with Crippen LogP contribution in [0.4, 0.5) is 0 Å². The van der Waals surface area contributed by atoms with Crippen molar-refractivity contribution in [3.8, 4) is 0 Å². The molecule has 0 amide bonds. The van der Waals surface area contributed by atoms with Gasteiger partial charge in [0.1, 0.15) is 0 Å². The molecule has 72 valence electrons. The van der Waals surface area contributed by atoms with Crippen LogP contribution in [0, 0.1) is 0 Å². The summed E-state index contributed by atoms with van der Waals surface area (Å²) in [7, 11) is 0. The van der Waals surface area contributed by atoms with Crippen LogP contribution in [0.15, 0.2) is 0 Å². The third-order valence-corrected chi connectivity index (χ3v) is 2.85. The Morgan fingerprint density at radius 2 is 2.25 bits per heavy atom. The molecule has 2 nitrogen and oxygen atoms in total. The molecule has 1 saturated heterocycles. The molecule has 1 heterocycles. The van der Waals surface area contributed by atoms with Crippen molar-refractivity contribution in [3.05, 3.63) is 0 Å². The molecule has 0 aromatic carbocycles. The van der Waals surface area contributed by atoms with Gasteiger partial charge in [-0.1, -0.05) is 20.3 Å². The van der Waals surface area contributed by atoms with E-state index in [1.54, 1.807) is 0 Å². The highest BCUT2D eigenvalue weighted by molar-refractivity contribution is 4.83. The molecule has 0 spiro atoms. The summed E-state index contributed by atoms with van der Waals surface area (Å²) < 4.78 is 0. The van der Waals surface area contributed by atoms with Gasteiger partial charge in [-0.15, -0.1) is 0 Å². The van der Waals surface area contributed by atoms with Gasteiger partial charge in [0.25, 0.3) is 0 Å².